The highest BCUT2D eigenvalue weighted by Gasteiger charge is 2.22. The van der Waals surface area contributed by atoms with Crippen LogP contribution in [0, 0.1) is 17.7 Å². The van der Waals surface area contributed by atoms with Gasteiger partial charge in [0.2, 0.25) is 0 Å². The molecule has 106 valence electrons. The molecule has 1 aromatic rings. The molecule has 0 amide bonds. The van der Waals surface area contributed by atoms with E-state index in [-0.39, 0.29) is 5.82 Å². The van der Waals surface area contributed by atoms with Crippen molar-refractivity contribution in [2.45, 2.75) is 26.8 Å². The summed E-state index contributed by atoms with van der Waals surface area (Å²) in [6.45, 7) is 9.54. The van der Waals surface area contributed by atoms with Crippen LogP contribution >= 0.6 is 0 Å². The summed E-state index contributed by atoms with van der Waals surface area (Å²) < 4.78 is 13.6. The molecule has 3 heteroatoms. The van der Waals surface area contributed by atoms with Crippen LogP contribution < -0.4 is 5.32 Å². The van der Waals surface area contributed by atoms with E-state index in [2.05, 4.69) is 24.1 Å². The molecular weight excluding hydrogens is 239 g/mol. The van der Waals surface area contributed by atoms with Gasteiger partial charge in [-0.3, -0.25) is 4.90 Å². The van der Waals surface area contributed by atoms with Gasteiger partial charge in [-0.15, -0.1) is 0 Å². The summed E-state index contributed by atoms with van der Waals surface area (Å²) in [6.07, 6.45) is 1.22. The zero-order chi connectivity index (χ0) is 13.7. The second-order valence-corrected chi connectivity index (χ2v) is 6.03. The van der Waals surface area contributed by atoms with Crippen LogP contribution in [0.1, 0.15) is 25.8 Å². The van der Waals surface area contributed by atoms with Gasteiger partial charge in [-0.05, 0) is 44.0 Å². The number of halogens is 1. The number of hydrogen-bond donors (Lipinski definition) is 1. The average Bonchev–Trinajstić information content (AvgIpc) is 2.79. The SMILES string of the molecule is CC(C)CNCC1CCN(Cc2ccccc2F)C1. The Kier molecular flexibility index (Phi) is 5.34. The van der Waals surface area contributed by atoms with Crippen molar-refractivity contribution in [3.05, 3.63) is 35.6 Å². The summed E-state index contributed by atoms with van der Waals surface area (Å²) in [4.78, 5) is 2.36. The molecule has 0 radical (unpaired) electrons. The molecule has 0 aliphatic carbocycles. The third-order valence-electron chi connectivity index (χ3n) is 3.71. The highest BCUT2D eigenvalue weighted by atomic mass is 19.1. The average molecular weight is 264 g/mol. The molecule has 1 unspecified atom stereocenters. The van der Waals surface area contributed by atoms with Crippen molar-refractivity contribution in [2.75, 3.05) is 26.2 Å². The van der Waals surface area contributed by atoms with E-state index in [1.54, 1.807) is 12.1 Å². The largest absolute Gasteiger partial charge is 0.316 e. The van der Waals surface area contributed by atoms with Crippen molar-refractivity contribution < 1.29 is 4.39 Å². The molecular formula is C16H25FN2. The molecule has 2 rings (SSSR count). The highest BCUT2D eigenvalue weighted by Crippen LogP contribution is 2.19. The smallest absolute Gasteiger partial charge is 0.127 e. The minimum atomic E-state index is -0.0797. The summed E-state index contributed by atoms with van der Waals surface area (Å²) in [5, 5.41) is 3.52. The lowest BCUT2D eigenvalue weighted by atomic mass is 10.1. The number of nitrogens with one attached hydrogen (secondary N) is 1. The summed E-state index contributed by atoms with van der Waals surface area (Å²) in [6, 6.07) is 7.10. The maximum atomic E-state index is 13.6. The van der Waals surface area contributed by atoms with Crippen molar-refractivity contribution in [2.24, 2.45) is 11.8 Å². The lowest BCUT2D eigenvalue weighted by molar-refractivity contribution is 0.308. The molecule has 0 spiro atoms. The van der Waals surface area contributed by atoms with Gasteiger partial charge < -0.3 is 5.32 Å². The number of benzene rings is 1. The van der Waals surface area contributed by atoms with Crippen molar-refractivity contribution in [3.63, 3.8) is 0 Å². The first kappa shape index (κ1) is 14.5. The fourth-order valence-corrected chi connectivity index (χ4v) is 2.67. The maximum Gasteiger partial charge on any atom is 0.127 e. The van der Waals surface area contributed by atoms with Gasteiger partial charge in [-0.25, -0.2) is 4.39 Å². The van der Waals surface area contributed by atoms with E-state index in [4.69, 9.17) is 0 Å². The second kappa shape index (κ2) is 7.01. The van der Waals surface area contributed by atoms with Crippen molar-refractivity contribution in [1.29, 1.82) is 0 Å². The first-order valence-electron chi connectivity index (χ1n) is 7.31. The van der Waals surface area contributed by atoms with E-state index in [9.17, 15) is 4.39 Å². The van der Waals surface area contributed by atoms with E-state index >= 15 is 0 Å². The fraction of sp³-hybridized carbons (Fsp3) is 0.625. The number of hydrogen-bond acceptors (Lipinski definition) is 2. The van der Waals surface area contributed by atoms with Gasteiger partial charge in [0, 0.05) is 18.7 Å². The predicted octanol–water partition coefficient (Wildman–Crippen LogP) is 2.89. The molecule has 1 aliphatic rings. The number of rotatable bonds is 6. The lowest BCUT2D eigenvalue weighted by Crippen LogP contribution is -2.28. The maximum absolute atomic E-state index is 13.6. The Morgan fingerprint density at radius 1 is 1.37 bits per heavy atom. The van der Waals surface area contributed by atoms with Gasteiger partial charge in [-0.2, -0.15) is 0 Å². The molecule has 1 aromatic carbocycles. The number of nitrogens with zero attached hydrogens (tertiary/aromatic N) is 1. The fourth-order valence-electron chi connectivity index (χ4n) is 2.67. The first-order valence-corrected chi connectivity index (χ1v) is 7.31. The normalized spacial score (nSPS) is 20.3. The van der Waals surface area contributed by atoms with Crippen LogP contribution in [0.3, 0.4) is 0 Å². The Labute approximate surface area is 116 Å². The molecule has 0 saturated carbocycles. The molecule has 19 heavy (non-hydrogen) atoms. The van der Waals surface area contributed by atoms with Gasteiger partial charge in [0.25, 0.3) is 0 Å². The summed E-state index contributed by atoms with van der Waals surface area (Å²) in [5.74, 6) is 1.34. The van der Waals surface area contributed by atoms with Crippen LogP contribution in [0.2, 0.25) is 0 Å². The molecule has 1 N–H and O–H groups in total. The van der Waals surface area contributed by atoms with Gasteiger partial charge in [0.15, 0.2) is 0 Å². The van der Waals surface area contributed by atoms with E-state index in [1.807, 2.05) is 12.1 Å². The van der Waals surface area contributed by atoms with Crippen molar-refractivity contribution >= 4 is 0 Å². The van der Waals surface area contributed by atoms with Crippen LogP contribution in [-0.4, -0.2) is 31.1 Å². The zero-order valence-electron chi connectivity index (χ0n) is 12.0. The number of likely N-dealkylation sites (tertiary alicyclic amines) is 1. The molecule has 1 atom stereocenters. The van der Waals surface area contributed by atoms with Crippen LogP contribution in [0.25, 0.3) is 0 Å². The third kappa shape index (κ3) is 4.59. The van der Waals surface area contributed by atoms with E-state index in [0.29, 0.717) is 11.8 Å². The van der Waals surface area contributed by atoms with Crippen LogP contribution in [0.5, 0.6) is 0 Å². The van der Waals surface area contributed by atoms with Gasteiger partial charge >= 0.3 is 0 Å². The first-order chi connectivity index (χ1) is 9.15. The van der Waals surface area contributed by atoms with Gasteiger partial charge in [0.1, 0.15) is 5.82 Å². The Hall–Kier alpha value is -0.930. The Balaban J connectivity index is 1.75. The standard InChI is InChI=1S/C16H25FN2/c1-13(2)9-18-10-14-7-8-19(11-14)12-15-5-3-4-6-16(15)17/h3-6,13-14,18H,7-12H2,1-2H3. The summed E-state index contributed by atoms with van der Waals surface area (Å²) in [7, 11) is 0. The molecule has 2 nitrogen and oxygen atoms in total. The lowest BCUT2D eigenvalue weighted by Gasteiger charge is -2.17. The Morgan fingerprint density at radius 2 is 2.16 bits per heavy atom. The predicted molar refractivity (Wildman–Crippen MR) is 77.5 cm³/mol. The monoisotopic (exact) mass is 264 g/mol. The summed E-state index contributed by atoms with van der Waals surface area (Å²) >= 11 is 0. The molecule has 1 heterocycles. The van der Waals surface area contributed by atoms with E-state index in [1.165, 1.54) is 6.42 Å². The molecule has 0 aromatic heterocycles. The molecule has 1 saturated heterocycles. The van der Waals surface area contributed by atoms with E-state index < -0.39 is 0 Å². The minimum Gasteiger partial charge on any atom is -0.316 e. The van der Waals surface area contributed by atoms with Gasteiger partial charge in [0.05, 0.1) is 0 Å². The highest BCUT2D eigenvalue weighted by molar-refractivity contribution is 5.17. The van der Waals surface area contributed by atoms with Crippen LogP contribution in [-0.2, 0) is 6.54 Å². The minimum absolute atomic E-state index is 0.0797. The third-order valence-corrected chi connectivity index (χ3v) is 3.71. The Bertz CT molecular complexity index is 392. The summed E-state index contributed by atoms with van der Waals surface area (Å²) in [5.41, 5.74) is 0.818. The van der Waals surface area contributed by atoms with Crippen molar-refractivity contribution in [1.82, 2.24) is 10.2 Å². The zero-order valence-corrected chi connectivity index (χ0v) is 12.0. The quantitative estimate of drug-likeness (QED) is 0.850. The molecule has 1 fully saturated rings. The second-order valence-electron chi connectivity index (χ2n) is 6.03. The Morgan fingerprint density at radius 3 is 2.89 bits per heavy atom. The topological polar surface area (TPSA) is 15.3 Å². The van der Waals surface area contributed by atoms with Crippen LogP contribution in [0.15, 0.2) is 24.3 Å². The van der Waals surface area contributed by atoms with E-state index in [0.717, 1.165) is 38.3 Å². The van der Waals surface area contributed by atoms with Crippen molar-refractivity contribution in [3.8, 4) is 0 Å². The molecule has 1 aliphatic heterocycles. The molecule has 0 bridgehead atoms. The van der Waals surface area contributed by atoms with Gasteiger partial charge in [-0.1, -0.05) is 32.0 Å². The van der Waals surface area contributed by atoms with Crippen LogP contribution in [0.4, 0.5) is 4.39 Å².